The van der Waals surface area contributed by atoms with E-state index in [1.807, 2.05) is 0 Å². The van der Waals surface area contributed by atoms with Crippen molar-refractivity contribution in [3.63, 3.8) is 0 Å². The molecule has 1 N–H and O–H groups in total. The van der Waals surface area contributed by atoms with Gasteiger partial charge in [-0.1, -0.05) is 29.3 Å². The molecule has 0 fully saturated rings. The molecule has 0 saturated heterocycles. The molecule has 7 nitrogen and oxygen atoms in total. The van der Waals surface area contributed by atoms with Crippen molar-refractivity contribution < 1.29 is 8.42 Å². The monoisotopic (exact) mass is 369 g/mol. The smallest absolute Gasteiger partial charge is 0.264 e. The summed E-state index contributed by atoms with van der Waals surface area (Å²) in [5, 5.41) is 0.0990. The number of nitrogens with one attached hydrogen (secondary N) is 1. The topological polar surface area (TPSA) is 89.8 Å². The number of aromatic nitrogens is 4. The van der Waals surface area contributed by atoms with Crippen molar-refractivity contribution in [2.75, 3.05) is 4.72 Å². The molecule has 0 atom stereocenters. The highest BCUT2D eigenvalue weighted by Gasteiger charge is 2.20. The molecule has 0 bridgehead atoms. The van der Waals surface area contributed by atoms with Gasteiger partial charge in [-0.2, -0.15) is 0 Å². The van der Waals surface area contributed by atoms with Gasteiger partial charge in [0.1, 0.15) is 29.2 Å². The first kappa shape index (κ1) is 15.7. The third-order valence-electron chi connectivity index (χ3n) is 2.87. The van der Waals surface area contributed by atoms with Gasteiger partial charge in [0.05, 0.1) is 10.0 Å². The molecule has 0 radical (unpaired) electrons. The van der Waals surface area contributed by atoms with Crippen LogP contribution in [0.5, 0.6) is 0 Å². The molecule has 10 heteroatoms. The number of imidazole rings is 1. The molecule has 0 spiro atoms. The van der Waals surface area contributed by atoms with Crippen molar-refractivity contribution in [1.29, 1.82) is 0 Å². The van der Waals surface area contributed by atoms with E-state index in [2.05, 4.69) is 19.7 Å². The van der Waals surface area contributed by atoms with Crippen molar-refractivity contribution in [2.24, 2.45) is 0 Å². The van der Waals surface area contributed by atoms with Gasteiger partial charge in [0, 0.05) is 18.5 Å². The molecule has 3 rings (SSSR count). The standard InChI is InChI=1S/C13H9Cl2N5O2S/c14-9-2-1-3-10(13(9)15)23(21,22)19-11-6-12(18-7-17-11)20-5-4-16-8-20/h1-8H,(H,17,18,19). The van der Waals surface area contributed by atoms with Crippen LogP contribution in [0.15, 0.2) is 54.2 Å². The Hall–Kier alpha value is -2.16. The zero-order valence-electron chi connectivity index (χ0n) is 11.4. The van der Waals surface area contributed by atoms with Crippen molar-refractivity contribution >= 4 is 39.0 Å². The second-order valence-electron chi connectivity index (χ2n) is 4.39. The minimum absolute atomic E-state index is 0.0504. The molecule has 1 aromatic carbocycles. The number of rotatable bonds is 4. The fourth-order valence-electron chi connectivity index (χ4n) is 1.82. The van der Waals surface area contributed by atoms with Crippen LogP contribution in [-0.4, -0.2) is 27.9 Å². The molecule has 0 aliphatic rings. The molecular formula is C13H9Cl2N5O2S. The molecule has 0 unspecified atom stereocenters. The quantitative estimate of drug-likeness (QED) is 0.763. The maximum Gasteiger partial charge on any atom is 0.264 e. The average Bonchev–Trinajstić information content (AvgIpc) is 3.04. The zero-order chi connectivity index (χ0) is 16.4. The first-order valence-electron chi connectivity index (χ1n) is 6.24. The van der Waals surface area contributed by atoms with E-state index in [9.17, 15) is 8.42 Å². The SMILES string of the molecule is O=S(=O)(Nc1cc(-n2ccnc2)ncn1)c1cccc(Cl)c1Cl. The van der Waals surface area contributed by atoms with E-state index >= 15 is 0 Å². The molecule has 2 aromatic heterocycles. The van der Waals surface area contributed by atoms with Gasteiger partial charge < -0.3 is 0 Å². The minimum Gasteiger partial charge on any atom is -0.290 e. The van der Waals surface area contributed by atoms with Crippen molar-refractivity contribution in [2.45, 2.75) is 4.90 Å². The Bertz CT molecular complexity index is 945. The molecule has 0 saturated carbocycles. The minimum atomic E-state index is -3.93. The fraction of sp³-hybridized carbons (Fsp3) is 0. The molecule has 118 valence electrons. The Morgan fingerprint density at radius 2 is 2.00 bits per heavy atom. The highest BCUT2D eigenvalue weighted by molar-refractivity contribution is 7.92. The lowest BCUT2D eigenvalue weighted by Gasteiger charge is -2.10. The molecule has 23 heavy (non-hydrogen) atoms. The van der Waals surface area contributed by atoms with Crippen LogP contribution in [0.2, 0.25) is 10.0 Å². The Morgan fingerprint density at radius 1 is 1.17 bits per heavy atom. The Balaban J connectivity index is 1.95. The number of benzene rings is 1. The Labute approximate surface area is 142 Å². The van der Waals surface area contributed by atoms with Gasteiger partial charge in [0.15, 0.2) is 0 Å². The molecule has 0 aliphatic carbocycles. The van der Waals surface area contributed by atoms with Crippen LogP contribution >= 0.6 is 23.2 Å². The first-order chi connectivity index (χ1) is 11.0. The number of sulfonamides is 1. The third kappa shape index (κ3) is 3.29. The van der Waals surface area contributed by atoms with E-state index in [0.717, 1.165) is 0 Å². The van der Waals surface area contributed by atoms with Gasteiger partial charge in [0.25, 0.3) is 10.0 Å². The van der Waals surface area contributed by atoms with E-state index in [-0.39, 0.29) is 20.8 Å². The second-order valence-corrected chi connectivity index (χ2v) is 6.82. The van der Waals surface area contributed by atoms with Crippen LogP contribution in [0, 0.1) is 0 Å². The van der Waals surface area contributed by atoms with Gasteiger partial charge in [-0.15, -0.1) is 0 Å². The maximum absolute atomic E-state index is 12.4. The summed E-state index contributed by atoms with van der Waals surface area (Å²) in [6.45, 7) is 0. The van der Waals surface area contributed by atoms with Gasteiger partial charge >= 0.3 is 0 Å². The van der Waals surface area contributed by atoms with Crippen molar-refractivity contribution in [3.8, 4) is 5.82 Å². The number of halogens is 2. The van der Waals surface area contributed by atoms with E-state index in [1.165, 1.54) is 36.9 Å². The number of hydrogen-bond donors (Lipinski definition) is 1. The lowest BCUT2D eigenvalue weighted by atomic mass is 10.4. The van der Waals surface area contributed by atoms with Gasteiger partial charge in [0.2, 0.25) is 0 Å². The summed E-state index contributed by atoms with van der Waals surface area (Å²) >= 11 is 11.8. The lowest BCUT2D eigenvalue weighted by molar-refractivity contribution is 0.601. The molecule has 3 aromatic rings. The summed E-state index contributed by atoms with van der Waals surface area (Å²) in [5.74, 6) is 0.562. The van der Waals surface area contributed by atoms with Gasteiger partial charge in [-0.05, 0) is 12.1 Å². The summed E-state index contributed by atoms with van der Waals surface area (Å²) in [6, 6.07) is 5.83. The third-order valence-corrected chi connectivity index (χ3v) is 5.19. The highest BCUT2D eigenvalue weighted by atomic mass is 35.5. The average molecular weight is 370 g/mol. The predicted molar refractivity (Wildman–Crippen MR) is 86.4 cm³/mol. The molecule has 0 amide bonds. The van der Waals surface area contributed by atoms with Gasteiger partial charge in [-0.25, -0.2) is 23.4 Å². The van der Waals surface area contributed by atoms with Crippen LogP contribution in [0.4, 0.5) is 5.82 Å². The van der Waals surface area contributed by atoms with Crippen LogP contribution in [0.1, 0.15) is 0 Å². The number of anilines is 1. The first-order valence-corrected chi connectivity index (χ1v) is 8.48. The van der Waals surface area contributed by atoms with Crippen molar-refractivity contribution in [1.82, 2.24) is 19.5 Å². The summed E-state index contributed by atoms with van der Waals surface area (Å²) in [5.41, 5.74) is 0. The van der Waals surface area contributed by atoms with Gasteiger partial charge in [-0.3, -0.25) is 9.29 Å². The predicted octanol–water partition coefficient (Wildman–Crippen LogP) is 2.77. The van der Waals surface area contributed by atoms with Crippen LogP contribution in [0.3, 0.4) is 0 Å². The maximum atomic E-state index is 12.4. The molecule has 2 heterocycles. The van der Waals surface area contributed by atoms with E-state index < -0.39 is 10.0 Å². The Kier molecular flexibility index (Phi) is 4.20. The van der Waals surface area contributed by atoms with Crippen LogP contribution in [0.25, 0.3) is 5.82 Å². The van der Waals surface area contributed by atoms with E-state index in [4.69, 9.17) is 23.2 Å². The number of nitrogens with zero attached hydrogens (tertiary/aromatic N) is 4. The van der Waals surface area contributed by atoms with Crippen LogP contribution in [-0.2, 0) is 10.0 Å². The summed E-state index contributed by atoms with van der Waals surface area (Å²) in [7, 11) is -3.93. The molecule has 0 aliphatic heterocycles. The van der Waals surface area contributed by atoms with Crippen molar-refractivity contribution in [3.05, 3.63) is 59.4 Å². The second kappa shape index (κ2) is 6.15. The van der Waals surface area contributed by atoms with E-state index in [1.54, 1.807) is 17.0 Å². The summed E-state index contributed by atoms with van der Waals surface area (Å²) in [4.78, 5) is 11.7. The normalized spacial score (nSPS) is 11.4. The van der Waals surface area contributed by atoms with E-state index in [0.29, 0.717) is 5.82 Å². The highest BCUT2D eigenvalue weighted by Crippen LogP contribution is 2.29. The Morgan fingerprint density at radius 3 is 2.74 bits per heavy atom. The molecular weight excluding hydrogens is 361 g/mol. The summed E-state index contributed by atoms with van der Waals surface area (Å²) < 4.78 is 28.8. The van der Waals surface area contributed by atoms with Crippen LogP contribution < -0.4 is 4.72 Å². The summed E-state index contributed by atoms with van der Waals surface area (Å²) in [6.07, 6.45) is 6.04. The zero-order valence-corrected chi connectivity index (χ0v) is 13.7. The largest absolute Gasteiger partial charge is 0.290 e. The lowest BCUT2D eigenvalue weighted by Crippen LogP contribution is -2.15. The fourth-order valence-corrected chi connectivity index (χ4v) is 3.58. The number of hydrogen-bond acceptors (Lipinski definition) is 5.